The number of rotatable bonds is 3. The standard InChI is InChI=1S/C32H20S2/c1-3-11-21(12-4-1)29-26(19-20-28-30(29)25-17-9-10-18-27(25)33-28)32-24-16-8-7-15-23(24)31(34-32)22-13-5-2-6-14-22/h1-20H. The summed E-state index contributed by atoms with van der Waals surface area (Å²) in [5.41, 5.74) is 5.19. The Balaban J connectivity index is 1.62. The van der Waals surface area contributed by atoms with E-state index in [1.54, 1.807) is 0 Å². The lowest BCUT2D eigenvalue weighted by Gasteiger charge is -2.12. The first kappa shape index (κ1) is 19.7. The second kappa shape index (κ2) is 7.95. The fraction of sp³-hybridized carbons (Fsp3) is 0. The highest BCUT2D eigenvalue weighted by Crippen LogP contribution is 2.50. The van der Waals surface area contributed by atoms with E-state index in [1.165, 1.54) is 63.0 Å². The van der Waals surface area contributed by atoms with Gasteiger partial charge in [0, 0.05) is 46.3 Å². The summed E-state index contributed by atoms with van der Waals surface area (Å²) < 4.78 is 2.68. The van der Waals surface area contributed by atoms with Gasteiger partial charge in [0.2, 0.25) is 0 Å². The summed E-state index contributed by atoms with van der Waals surface area (Å²) in [5.74, 6) is 0. The molecule has 2 aromatic heterocycles. The molecule has 2 heterocycles. The molecular weight excluding hydrogens is 448 g/mol. The smallest absolute Gasteiger partial charge is 0.0434 e. The molecule has 0 fully saturated rings. The van der Waals surface area contributed by atoms with Crippen molar-refractivity contribution in [1.29, 1.82) is 0 Å². The van der Waals surface area contributed by atoms with Crippen LogP contribution in [0.3, 0.4) is 0 Å². The van der Waals surface area contributed by atoms with Crippen LogP contribution in [0.5, 0.6) is 0 Å². The van der Waals surface area contributed by atoms with Crippen LogP contribution in [-0.2, 0) is 0 Å². The molecule has 34 heavy (non-hydrogen) atoms. The molecule has 0 N–H and O–H groups in total. The van der Waals surface area contributed by atoms with Crippen LogP contribution in [0.2, 0.25) is 0 Å². The molecule has 0 aliphatic heterocycles. The second-order valence-electron chi connectivity index (χ2n) is 8.50. The van der Waals surface area contributed by atoms with Gasteiger partial charge in [-0.3, -0.25) is 0 Å². The summed E-state index contributed by atoms with van der Waals surface area (Å²) in [5, 5.41) is 5.35. The molecule has 0 aliphatic rings. The van der Waals surface area contributed by atoms with E-state index < -0.39 is 0 Å². The third kappa shape index (κ3) is 3.03. The second-order valence-corrected chi connectivity index (χ2v) is 10.6. The Bertz CT molecular complexity index is 1790. The molecule has 5 aromatic carbocycles. The van der Waals surface area contributed by atoms with Gasteiger partial charge >= 0.3 is 0 Å². The lowest BCUT2D eigenvalue weighted by molar-refractivity contribution is 1.67. The van der Waals surface area contributed by atoms with Gasteiger partial charge in [0.25, 0.3) is 0 Å². The molecule has 0 saturated carbocycles. The van der Waals surface area contributed by atoms with Gasteiger partial charge in [-0.25, -0.2) is 0 Å². The molecule has 0 spiro atoms. The van der Waals surface area contributed by atoms with Gasteiger partial charge in [-0.15, -0.1) is 22.7 Å². The summed E-state index contributed by atoms with van der Waals surface area (Å²) in [6, 6.07) is 44.0. The van der Waals surface area contributed by atoms with E-state index in [1.807, 2.05) is 22.7 Å². The Labute approximate surface area is 206 Å². The Hall–Kier alpha value is -3.72. The van der Waals surface area contributed by atoms with E-state index in [4.69, 9.17) is 0 Å². The topological polar surface area (TPSA) is 0 Å². The van der Waals surface area contributed by atoms with Crippen LogP contribution in [0.25, 0.3) is 63.0 Å². The maximum Gasteiger partial charge on any atom is 0.0434 e. The highest BCUT2D eigenvalue weighted by molar-refractivity contribution is 7.26. The summed E-state index contributed by atoms with van der Waals surface area (Å²) >= 11 is 3.79. The van der Waals surface area contributed by atoms with Crippen molar-refractivity contribution in [2.45, 2.75) is 0 Å². The maximum absolute atomic E-state index is 2.34. The molecule has 0 saturated heterocycles. The quantitative estimate of drug-likeness (QED) is 0.242. The van der Waals surface area contributed by atoms with E-state index in [9.17, 15) is 0 Å². The zero-order valence-corrected chi connectivity index (χ0v) is 20.0. The minimum Gasteiger partial charge on any atom is -0.135 e. The van der Waals surface area contributed by atoms with Crippen LogP contribution in [0.15, 0.2) is 121 Å². The summed E-state index contributed by atoms with van der Waals surface area (Å²) in [7, 11) is 0. The van der Waals surface area contributed by atoms with Crippen molar-refractivity contribution in [3.05, 3.63) is 121 Å². The third-order valence-electron chi connectivity index (χ3n) is 6.51. The van der Waals surface area contributed by atoms with Gasteiger partial charge in [-0.2, -0.15) is 0 Å². The molecule has 160 valence electrons. The molecule has 0 nitrogen and oxygen atoms in total. The predicted octanol–water partition coefficient (Wildman–Crippen LogP) is 10.3. The van der Waals surface area contributed by atoms with Crippen molar-refractivity contribution in [3.8, 4) is 32.0 Å². The molecule has 0 amide bonds. The fourth-order valence-corrected chi connectivity index (χ4v) is 7.43. The van der Waals surface area contributed by atoms with Crippen molar-refractivity contribution in [3.63, 3.8) is 0 Å². The highest BCUT2D eigenvalue weighted by atomic mass is 32.1. The van der Waals surface area contributed by atoms with Gasteiger partial charge in [0.05, 0.1) is 0 Å². The Morgan fingerprint density at radius 2 is 0.971 bits per heavy atom. The molecule has 0 radical (unpaired) electrons. The lowest BCUT2D eigenvalue weighted by Crippen LogP contribution is -1.85. The van der Waals surface area contributed by atoms with Crippen molar-refractivity contribution in [1.82, 2.24) is 0 Å². The Kier molecular flexibility index (Phi) is 4.61. The van der Waals surface area contributed by atoms with E-state index >= 15 is 0 Å². The minimum absolute atomic E-state index is 1.27. The van der Waals surface area contributed by atoms with E-state index in [2.05, 4.69) is 121 Å². The maximum atomic E-state index is 2.34. The predicted molar refractivity (Wildman–Crippen MR) is 151 cm³/mol. The van der Waals surface area contributed by atoms with E-state index in [0.29, 0.717) is 0 Å². The van der Waals surface area contributed by atoms with Gasteiger partial charge < -0.3 is 0 Å². The van der Waals surface area contributed by atoms with E-state index in [-0.39, 0.29) is 0 Å². The summed E-state index contributed by atoms with van der Waals surface area (Å²) in [6.45, 7) is 0. The van der Waals surface area contributed by atoms with Gasteiger partial charge in [0.15, 0.2) is 0 Å². The molecule has 2 heteroatoms. The van der Waals surface area contributed by atoms with Crippen molar-refractivity contribution >= 4 is 53.6 Å². The first-order valence-corrected chi connectivity index (χ1v) is 13.1. The molecule has 0 bridgehead atoms. The van der Waals surface area contributed by atoms with Crippen LogP contribution in [0.1, 0.15) is 0 Å². The van der Waals surface area contributed by atoms with Gasteiger partial charge in [0.1, 0.15) is 0 Å². The van der Waals surface area contributed by atoms with E-state index in [0.717, 1.165) is 0 Å². The SMILES string of the molecule is c1ccc(-c2sc(-c3ccc4sc5ccccc5c4c3-c3ccccc3)c3ccccc23)cc1. The first-order chi connectivity index (χ1) is 16.9. The minimum atomic E-state index is 1.27. The Morgan fingerprint density at radius 3 is 1.71 bits per heavy atom. The average Bonchev–Trinajstić information content (AvgIpc) is 3.48. The normalized spacial score (nSPS) is 11.5. The van der Waals surface area contributed by atoms with Crippen molar-refractivity contribution in [2.24, 2.45) is 0 Å². The summed E-state index contributed by atoms with van der Waals surface area (Å²) in [6.07, 6.45) is 0. The molecule has 7 aromatic rings. The van der Waals surface area contributed by atoms with Crippen LogP contribution in [-0.4, -0.2) is 0 Å². The molecule has 7 rings (SSSR count). The average molecular weight is 469 g/mol. The largest absolute Gasteiger partial charge is 0.135 e. The van der Waals surface area contributed by atoms with Crippen molar-refractivity contribution in [2.75, 3.05) is 0 Å². The molecular formula is C32H20S2. The van der Waals surface area contributed by atoms with Gasteiger partial charge in [-0.1, -0.05) is 109 Å². The molecule has 0 atom stereocenters. The van der Waals surface area contributed by atoms with Crippen molar-refractivity contribution < 1.29 is 0 Å². The highest BCUT2D eigenvalue weighted by Gasteiger charge is 2.20. The zero-order valence-electron chi connectivity index (χ0n) is 18.4. The number of hydrogen-bond acceptors (Lipinski definition) is 2. The summed E-state index contributed by atoms with van der Waals surface area (Å²) in [4.78, 5) is 2.67. The number of fused-ring (bicyclic) bond motifs is 4. The van der Waals surface area contributed by atoms with Crippen LogP contribution >= 0.6 is 22.7 Å². The number of benzene rings is 5. The van der Waals surface area contributed by atoms with Crippen LogP contribution < -0.4 is 0 Å². The molecule has 0 unspecified atom stereocenters. The van der Waals surface area contributed by atoms with Crippen LogP contribution in [0.4, 0.5) is 0 Å². The monoisotopic (exact) mass is 468 g/mol. The number of thiophene rings is 2. The number of hydrogen-bond donors (Lipinski definition) is 0. The zero-order chi connectivity index (χ0) is 22.5. The van der Waals surface area contributed by atoms with Gasteiger partial charge in [-0.05, 0) is 28.8 Å². The fourth-order valence-electron chi connectivity index (χ4n) is 5.01. The molecule has 0 aliphatic carbocycles. The lowest BCUT2D eigenvalue weighted by atomic mass is 9.92. The Morgan fingerprint density at radius 1 is 0.382 bits per heavy atom. The van der Waals surface area contributed by atoms with Crippen LogP contribution in [0, 0.1) is 0 Å². The third-order valence-corrected chi connectivity index (χ3v) is 8.95. The first-order valence-electron chi connectivity index (χ1n) is 11.5.